The molecule has 0 spiro atoms. The second-order valence-corrected chi connectivity index (χ2v) is 11.5. The van der Waals surface area contributed by atoms with Crippen LogP contribution in [0.25, 0.3) is 16.5 Å². The molecule has 0 saturated heterocycles. The van der Waals surface area contributed by atoms with E-state index in [9.17, 15) is 12.8 Å². The van der Waals surface area contributed by atoms with Crippen molar-refractivity contribution in [2.24, 2.45) is 0 Å². The molecule has 0 atom stereocenters. The molecule has 2 aromatic carbocycles. The highest BCUT2D eigenvalue weighted by molar-refractivity contribution is 7.90. The van der Waals surface area contributed by atoms with Crippen molar-refractivity contribution in [1.82, 2.24) is 14.2 Å². The normalized spacial score (nSPS) is 18.7. The number of para-hydroxylation sites is 1. The Morgan fingerprint density at radius 2 is 1.89 bits per heavy atom. The molecule has 5 rings (SSSR count). The standard InChI is InChI=1S/C27H33FN4O2S/c1-20(2)32-19-22-7-3-4-8-27(22)31(35(32,33)34)14-6-5-13-30-15-11-21(12-16-30)25-18-29-26-17-23(28)9-10-24(25)26/h3-4,7-11,17-18,20,29H,5-6,12-16,19H2,1-2H3. The number of nitrogens with one attached hydrogen (secondary N) is 1. The third-order valence-electron chi connectivity index (χ3n) is 7.11. The minimum absolute atomic E-state index is 0.0821. The first-order valence-electron chi connectivity index (χ1n) is 12.4. The summed E-state index contributed by atoms with van der Waals surface area (Å²) in [5, 5.41) is 1.06. The van der Waals surface area contributed by atoms with Crippen LogP contribution in [0, 0.1) is 5.82 Å². The monoisotopic (exact) mass is 496 g/mol. The van der Waals surface area contributed by atoms with Crippen molar-refractivity contribution in [3.8, 4) is 0 Å². The molecule has 0 saturated carbocycles. The molecule has 1 aromatic heterocycles. The predicted molar refractivity (Wildman–Crippen MR) is 140 cm³/mol. The Bertz CT molecular complexity index is 1350. The highest BCUT2D eigenvalue weighted by Crippen LogP contribution is 2.34. The summed E-state index contributed by atoms with van der Waals surface area (Å²) in [6, 6.07) is 12.6. The van der Waals surface area contributed by atoms with Gasteiger partial charge in [-0.15, -0.1) is 0 Å². The number of hydrogen-bond acceptors (Lipinski definition) is 3. The molecule has 0 amide bonds. The quantitative estimate of drug-likeness (QED) is 0.460. The van der Waals surface area contributed by atoms with Crippen LogP contribution in [0.4, 0.5) is 10.1 Å². The van der Waals surface area contributed by atoms with E-state index in [-0.39, 0.29) is 11.9 Å². The van der Waals surface area contributed by atoms with Gasteiger partial charge in [0, 0.05) is 54.9 Å². The fraction of sp³-hybridized carbons (Fsp3) is 0.407. The molecular formula is C27H33FN4O2S. The van der Waals surface area contributed by atoms with E-state index in [0.29, 0.717) is 13.1 Å². The average Bonchev–Trinajstić information content (AvgIpc) is 3.25. The molecule has 0 aliphatic carbocycles. The lowest BCUT2D eigenvalue weighted by Gasteiger charge is -2.39. The van der Waals surface area contributed by atoms with Crippen molar-refractivity contribution in [3.63, 3.8) is 0 Å². The summed E-state index contributed by atoms with van der Waals surface area (Å²) in [6.45, 7) is 7.55. The molecule has 1 N–H and O–H groups in total. The first-order chi connectivity index (χ1) is 16.8. The van der Waals surface area contributed by atoms with Gasteiger partial charge in [0.05, 0.1) is 5.69 Å². The minimum Gasteiger partial charge on any atom is -0.360 e. The molecule has 0 bridgehead atoms. The number of hydrogen-bond donors (Lipinski definition) is 1. The van der Waals surface area contributed by atoms with Gasteiger partial charge in [-0.1, -0.05) is 24.3 Å². The molecule has 186 valence electrons. The van der Waals surface area contributed by atoms with Gasteiger partial charge in [-0.3, -0.25) is 9.21 Å². The van der Waals surface area contributed by atoms with Crippen LogP contribution in [0.1, 0.15) is 44.2 Å². The molecular weight excluding hydrogens is 463 g/mol. The molecule has 8 heteroatoms. The number of unbranched alkanes of at least 4 members (excludes halogenated alkanes) is 1. The maximum absolute atomic E-state index is 13.5. The number of H-pyrrole nitrogens is 1. The number of benzene rings is 2. The molecule has 3 heterocycles. The molecule has 2 aliphatic heterocycles. The second-order valence-electron chi connectivity index (χ2n) is 9.73. The lowest BCUT2D eigenvalue weighted by molar-refractivity contribution is 0.295. The smallest absolute Gasteiger partial charge is 0.304 e. The highest BCUT2D eigenvalue weighted by Gasteiger charge is 2.37. The fourth-order valence-corrected chi connectivity index (χ4v) is 7.06. The van der Waals surface area contributed by atoms with Crippen LogP contribution >= 0.6 is 0 Å². The van der Waals surface area contributed by atoms with E-state index >= 15 is 0 Å². The first-order valence-corrected chi connectivity index (χ1v) is 13.8. The topological polar surface area (TPSA) is 59.6 Å². The second kappa shape index (κ2) is 9.76. The summed E-state index contributed by atoms with van der Waals surface area (Å²) >= 11 is 0. The Labute approximate surface area is 207 Å². The largest absolute Gasteiger partial charge is 0.360 e. The summed E-state index contributed by atoms with van der Waals surface area (Å²) in [4.78, 5) is 5.60. The SMILES string of the molecule is CC(C)N1Cc2ccccc2N(CCCCN2CC=C(c3c[nH]c4cc(F)ccc34)CC2)S1(=O)=O. The van der Waals surface area contributed by atoms with Gasteiger partial charge in [0.15, 0.2) is 0 Å². The number of nitrogens with zero attached hydrogens (tertiary/aromatic N) is 3. The summed E-state index contributed by atoms with van der Waals surface area (Å²) in [6.07, 6.45) is 6.93. The zero-order valence-corrected chi connectivity index (χ0v) is 21.2. The zero-order chi connectivity index (χ0) is 24.6. The number of aromatic nitrogens is 1. The van der Waals surface area contributed by atoms with Gasteiger partial charge in [0.25, 0.3) is 0 Å². The minimum atomic E-state index is -3.52. The summed E-state index contributed by atoms with van der Waals surface area (Å²) in [5.74, 6) is -0.229. The summed E-state index contributed by atoms with van der Waals surface area (Å²) < 4.78 is 43.2. The lowest BCUT2D eigenvalue weighted by atomic mass is 9.99. The third-order valence-corrected chi connectivity index (χ3v) is 9.19. The van der Waals surface area contributed by atoms with Crippen molar-refractivity contribution < 1.29 is 12.8 Å². The van der Waals surface area contributed by atoms with Crippen molar-refractivity contribution >= 4 is 32.4 Å². The van der Waals surface area contributed by atoms with E-state index in [1.165, 1.54) is 17.7 Å². The Morgan fingerprint density at radius 1 is 1.09 bits per heavy atom. The van der Waals surface area contributed by atoms with E-state index < -0.39 is 10.2 Å². The average molecular weight is 497 g/mol. The maximum atomic E-state index is 13.5. The van der Waals surface area contributed by atoms with Crippen LogP contribution in [0.15, 0.2) is 54.7 Å². The zero-order valence-electron chi connectivity index (χ0n) is 20.4. The van der Waals surface area contributed by atoms with Gasteiger partial charge >= 0.3 is 10.2 Å². The number of rotatable bonds is 7. The van der Waals surface area contributed by atoms with Crippen LogP contribution in [-0.4, -0.2) is 54.8 Å². The molecule has 3 aromatic rings. The van der Waals surface area contributed by atoms with Gasteiger partial charge in [-0.25, -0.2) is 4.39 Å². The van der Waals surface area contributed by atoms with E-state index in [1.54, 1.807) is 8.61 Å². The lowest BCUT2D eigenvalue weighted by Crippen LogP contribution is -2.50. The van der Waals surface area contributed by atoms with Gasteiger partial charge in [0.1, 0.15) is 5.82 Å². The van der Waals surface area contributed by atoms with E-state index in [0.717, 1.165) is 66.6 Å². The van der Waals surface area contributed by atoms with Gasteiger partial charge in [0.2, 0.25) is 0 Å². The Hall–Kier alpha value is -2.68. The van der Waals surface area contributed by atoms with Gasteiger partial charge < -0.3 is 4.98 Å². The molecule has 0 fully saturated rings. The van der Waals surface area contributed by atoms with Crippen LogP contribution < -0.4 is 4.31 Å². The third kappa shape index (κ3) is 4.75. The highest BCUT2D eigenvalue weighted by atomic mass is 32.2. The molecule has 2 aliphatic rings. The summed E-state index contributed by atoms with van der Waals surface area (Å²) in [5.41, 5.74) is 5.15. The van der Waals surface area contributed by atoms with Crippen molar-refractivity contribution in [3.05, 3.63) is 71.7 Å². The predicted octanol–water partition coefficient (Wildman–Crippen LogP) is 5.15. The fourth-order valence-electron chi connectivity index (χ4n) is 5.19. The Balaban J connectivity index is 1.18. The maximum Gasteiger partial charge on any atom is 0.304 e. The number of anilines is 1. The van der Waals surface area contributed by atoms with Gasteiger partial charge in [-0.2, -0.15) is 12.7 Å². The number of halogens is 1. The molecule has 0 unspecified atom stereocenters. The van der Waals surface area contributed by atoms with Crippen LogP contribution in [0.3, 0.4) is 0 Å². The number of aromatic amines is 1. The van der Waals surface area contributed by atoms with Crippen LogP contribution in [0.2, 0.25) is 0 Å². The van der Waals surface area contributed by atoms with Gasteiger partial charge in [-0.05, 0) is 75.1 Å². The molecule has 6 nitrogen and oxygen atoms in total. The first kappa shape index (κ1) is 24.0. The van der Waals surface area contributed by atoms with E-state index in [1.807, 2.05) is 50.4 Å². The van der Waals surface area contributed by atoms with Crippen LogP contribution in [-0.2, 0) is 16.8 Å². The van der Waals surface area contributed by atoms with E-state index in [2.05, 4.69) is 16.0 Å². The number of fused-ring (bicyclic) bond motifs is 2. The van der Waals surface area contributed by atoms with Crippen molar-refractivity contribution in [2.45, 2.75) is 45.7 Å². The Morgan fingerprint density at radius 3 is 2.66 bits per heavy atom. The van der Waals surface area contributed by atoms with Crippen molar-refractivity contribution in [1.29, 1.82) is 0 Å². The van der Waals surface area contributed by atoms with E-state index in [4.69, 9.17) is 0 Å². The molecule has 35 heavy (non-hydrogen) atoms. The molecule has 0 radical (unpaired) electrons. The van der Waals surface area contributed by atoms with Crippen LogP contribution in [0.5, 0.6) is 0 Å². The van der Waals surface area contributed by atoms with Crippen molar-refractivity contribution in [2.75, 3.05) is 30.5 Å². The summed E-state index contributed by atoms with van der Waals surface area (Å²) in [7, 11) is -3.52. The Kier molecular flexibility index (Phi) is 6.70.